The number of fused-ring (bicyclic) bond motifs is 2. The molecule has 0 aromatic carbocycles. The third-order valence-corrected chi connectivity index (χ3v) is 2.90. The second-order valence-corrected chi connectivity index (χ2v) is 3.61. The summed E-state index contributed by atoms with van der Waals surface area (Å²) in [5.74, 6) is 0.626. The Morgan fingerprint density at radius 3 is 2.53 bits per heavy atom. The fourth-order valence-corrected chi connectivity index (χ4v) is 2.17. The van der Waals surface area contributed by atoms with Crippen molar-refractivity contribution in [2.24, 2.45) is 11.8 Å². The van der Waals surface area contributed by atoms with E-state index in [1.807, 2.05) is 19.9 Å². The van der Waals surface area contributed by atoms with Gasteiger partial charge in [0.1, 0.15) is 0 Å². The molecular weight excluding hydrogens is 217 g/mol. The van der Waals surface area contributed by atoms with E-state index in [1.165, 1.54) is 0 Å². The molecule has 2 bridgehead atoms. The molecule has 1 aliphatic carbocycles. The Balaban J connectivity index is 0.000000581. The van der Waals surface area contributed by atoms with Gasteiger partial charge in [0.15, 0.2) is 0 Å². The molecule has 2 unspecified atom stereocenters. The summed E-state index contributed by atoms with van der Waals surface area (Å²) in [6.45, 7) is 12.4. The molecule has 1 saturated heterocycles. The average Bonchev–Trinajstić information content (AvgIpc) is 2.65. The normalized spacial score (nSPS) is 27.4. The summed E-state index contributed by atoms with van der Waals surface area (Å²) in [4.78, 5) is 11.5. The van der Waals surface area contributed by atoms with Gasteiger partial charge in [0.2, 0.25) is 5.91 Å². The molecule has 0 aromatic rings. The van der Waals surface area contributed by atoms with Gasteiger partial charge in [0.05, 0.1) is 13.1 Å². The molecule has 1 saturated carbocycles. The zero-order chi connectivity index (χ0) is 13.4. The first-order valence-corrected chi connectivity index (χ1v) is 5.91. The molecule has 3 heteroatoms. The van der Waals surface area contributed by atoms with Crippen LogP contribution in [0.2, 0.25) is 0 Å². The van der Waals surface area contributed by atoms with Gasteiger partial charge in [0.25, 0.3) is 0 Å². The Bertz CT molecular complexity index is 320. The Hall–Kier alpha value is -1.38. The van der Waals surface area contributed by atoms with Crippen LogP contribution in [0.15, 0.2) is 36.5 Å². The minimum absolute atomic E-state index is 0.0317. The van der Waals surface area contributed by atoms with Gasteiger partial charge in [0, 0.05) is 12.5 Å². The summed E-state index contributed by atoms with van der Waals surface area (Å²) in [7, 11) is 0.500. The number of halogens is 1. The number of alkyl halides is 1. The van der Waals surface area contributed by atoms with Crippen molar-refractivity contribution in [3.8, 4) is 0 Å². The van der Waals surface area contributed by atoms with Gasteiger partial charge in [-0.25, -0.2) is 0 Å². The van der Waals surface area contributed by atoms with E-state index in [0.29, 0.717) is 13.1 Å². The summed E-state index contributed by atoms with van der Waals surface area (Å²) in [5.41, 5.74) is 2.19. The van der Waals surface area contributed by atoms with E-state index in [4.69, 9.17) is 0 Å². The number of hydrogen-bond donors (Lipinski definition) is 1. The Kier molecular flexibility index (Phi) is 7.19. The van der Waals surface area contributed by atoms with Crippen molar-refractivity contribution >= 4 is 5.91 Å². The quantitative estimate of drug-likeness (QED) is 0.748. The number of nitrogens with one attached hydrogen (secondary N) is 1. The minimum atomic E-state index is 0.0317. The van der Waals surface area contributed by atoms with E-state index in [2.05, 4.69) is 18.5 Å². The van der Waals surface area contributed by atoms with Gasteiger partial charge >= 0.3 is 0 Å². The Morgan fingerprint density at radius 1 is 1.41 bits per heavy atom. The Labute approximate surface area is 103 Å². The van der Waals surface area contributed by atoms with E-state index in [9.17, 15) is 9.18 Å². The standard InChI is InChI=1S/C11H13NO.C2H6.CH3F/c1-3-4-9-7(2)8-5-10(9)11(13)12-6-8;2*1-2/h3-4,8,10H,1-2,5-6H2,(H,12,13);1-2H3;1H3/b9-4+;;. The van der Waals surface area contributed by atoms with Gasteiger partial charge in [-0.3, -0.25) is 9.18 Å². The van der Waals surface area contributed by atoms with Crippen LogP contribution in [-0.4, -0.2) is 19.6 Å². The molecule has 17 heavy (non-hydrogen) atoms. The van der Waals surface area contributed by atoms with Gasteiger partial charge in [-0.15, -0.1) is 0 Å². The van der Waals surface area contributed by atoms with E-state index < -0.39 is 0 Å². The van der Waals surface area contributed by atoms with Crippen LogP contribution in [-0.2, 0) is 4.79 Å². The van der Waals surface area contributed by atoms with E-state index in [1.54, 1.807) is 6.08 Å². The van der Waals surface area contributed by atoms with Crippen molar-refractivity contribution in [1.29, 1.82) is 0 Å². The molecular formula is C14H22FNO. The number of carbonyl (C=O) groups is 1. The SMILES string of the molecule is C=C/C=C1\C(=C)C2CNC(=O)C1C2.CC.CF. The van der Waals surface area contributed by atoms with Crippen LogP contribution in [0.3, 0.4) is 0 Å². The number of rotatable bonds is 1. The summed E-state index contributed by atoms with van der Waals surface area (Å²) in [5, 5.41) is 2.89. The lowest BCUT2D eigenvalue weighted by molar-refractivity contribution is -0.125. The number of allylic oxidation sites excluding steroid dienone is 2. The van der Waals surface area contributed by atoms with Crippen molar-refractivity contribution in [2.75, 3.05) is 13.7 Å². The molecule has 1 heterocycles. The van der Waals surface area contributed by atoms with Gasteiger partial charge in [-0.1, -0.05) is 39.2 Å². The lowest BCUT2D eigenvalue weighted by Gasteiger charge is -2.18. The van der Waals surface area contributed by atoms with Crippen LogP contribution in [0.4, 0.5) is 4.39 Å². The molecule has 2 nitrogen and oxygen atoms in total. The smallest absolute Gasteiger partial charge is 0.227 e. The van der Waals surface area contributed by atoms with E-state index in [0.717, 1.165) is 24.1 Å². The number of amides is 1. The summed E-state index contributed by atoms with van der Waals surface area (Å²) < 4.78 is 9.50. The zero-order valence-corrected chi connectivity index (χ0v) is 10.9. The summed E-state index contributed by atoms with van der Waals surface area (Å²) >= 11 is 0. The molecule has 96 valence electrons. The highest BCUT2D eigenvalue weighted by molar-refractivity contribution is 5.85. The third-order valence-electron chi connectivity index (χ3n) is 2.90. The molecule has 1 N–H and O–H groups in total. The summed E-state index contributed by atoms with van der Waals surface area (Å²) in [6, 6.07) is 0. The molecule has 0 aromatic heterocycles. The summed E-state index contributed by atoms with van der Waals surface area (Å²) in [6.07, 6.45) is 4.58. The van der Waals surface area contributed by atoms with Crippen molar-refractivity contribution in [3.63, 3.8) is 0 Å². The number of hydrogen-bond acceptors (Lipinski definition) is 1. The van der Waals surface area contributed by atoms with Crippen LogP contribution in [0.25, 0.3) is 0 Å². The molecule has 0 spiro atoms. The predicted molar refractivity (Wildman–Crippen MR) is 70.4 cm³/mol. The van der Waals surface area contributed by atoms with Gasteiger partial charge in [-0.2, -0.15) is 0 Å². The second-order valence-electron chi connectivity index (χ2n) is 3.61. The Morgan fingerprint density at radius 2 is 2.00 bits per heavy atom. The number of piperidine rings is 1. The first kappa shape index (κ1) is 15.6. The highest BCUT2D eigenvalue weighted by atomic mass is 19.1. The van der Waals surface area contributed by atoms with Crippen molar-refractivity contribution in [1.82, 2.24) is 5.32 Å². The lowest BCUT2D eigenvalue weighted by atomic mass is 9.98. The fourth-order valence-electron chi connectivity index (χ4n) is 2.17. The van der Waals surface area contributed by atoms with Crippen LogP contribution < -0.4 is 5.32 Å². The molecule has 2 atom stereocenters. The molecule has 1 aliphatic heterocycles. The molecule has 2 rings (SSSR count). The molecule has 1 amide bonds. The van der Waals surface area contributed by atoms with Crippen LogP contribution in [0.1, 0.15) is 20.3 Å². The first-order valence-electron chi connectivity index (χ1n) is 5.91. The van der Waals surface area contributed by atoms with Gasteiger partial charge in [-0.05, 0) is 17.6 Å². The zero-order valence-electron chi connectivity index (χ0n) is 10.9. The van der Waals surface area contributed by atoms with E-state index >= 15 is 0 Å². The second kappa shape index (κ2) is 7.82. The van der Waals surface area contributed by atoms with Crippen LogP contribution >= 0.6 is 0 Å². The fraction of sp³-hybridized carbons (Fsp3) is 0.500. The first-order chi connectivity index (χ1) is 8.24. The third kappa shape index (κ3) is 3.29. The predicted octanol–water partition coefficient (Wildman–Crippen LogP) is 3.03. The van der Waals surface area contributed by atoms with Crippen molar-refractivity contribution in [3.05, 3.63) is 36.5 Å². The minimum Gasteiger partial charge on any atom is -0.355 e. The molecule has 2 fully saturated rings. The molecule has 0 radical (unpaired) electrons. The maximum Gasteiger partial charge on any atom is 0.227 e. The monoisotopic (exact) mass is 239 g/mol. The largest absolute Gasteiger partial charge is 0.355 e. The van der Waals surface area contributed by atoms with Crippen molar-refractivity contribution in [2.45, 2.75) is 20.3 Å². The average molecular weight is 239 g/mol. The van der Waals surface area contributed by atoms with E-state index in [-0.39, 0.29) is 11.8 Å². The van der Waals surface area contributed by atoms with Crippen molar-refractivity contribution < 1.29 is 9.18 Å². The van der Waals surface area contributed by atoms with Crippen LogP contribution in [0.5, 0.6) is 0 Å². The lowest BCUT2D eigenvalue weighted by Crippen LogP contribution is -2.37. The molecule has 2 aliphatic rings. The number of carbonyl (C=O) groups excluding carboxylic acids is 1. The van der Waals surface area contributed by atoms with Gasteiger partial charge < -0.3 is 5.32 Å². The maximum atomic E-state index is 11.5. The van der Waals surface area contributed by atoms with Crippen LogP contribution in [0, 0.1) is 11.8 Å². The highest BCUT2D eigenvalue weighted by Crippen LogP contribution is 2.41. The highest BCUT2D eigenvalue weighted by Gasteiger charge is 2.40. The topological polar surface area (TPSA) is 29.1 Å². The maximum absolute atomic E-state index is 11.5.